The van der Waals surface area contributed by atoms with Gasteiger partial charge < -0.3 is 10.2 Å². The van der Waals surface area contributed by atoms with Crippen LogP contribution in [0.4, 0.5) is 0 Å². The van der Waals surface area contributed by atoms with Gasteiger partial charge in [-0.05, 0) is 61.7 Å². The zero-order valence-corrected chi connectivity index (χ0v) is 23.3. The van der Waals surface area contributed by atoms with Crippen LogP contribution in [0.3, 0.4) is 0 Å². The SMILES string of the molecule is CC(C)N(CCCNC(=O)C1c2ccccc2C(=O)N(C2CCCC2)C1c1cccs1)Cc1ccccc1. The molecule has 1 N–H and O–H groups in total. The summed E-state index contributed by atoms with van der Waals surface area (Å²) in [4.78, 5) is 33.4. The first kappa shape index (κ1) is 26.6. The van der Waals surface area contributed by atoms with Crippen LogP contribution in [0.1, 0.15) is 84.3 Å². The molecule has 0 saturated heterocycles. The lowest BCUT2D eigenvalue weighted by atomic mass is 9.80. The first-order valence-corrected chi connectivity index (χ1v) is 14.9. The maximum absolute atomic E-state index is 13.9. The summed E-state index contributed by atoms with van der Waals surface area (Å²) in [7, 11) is 0. The van der Waals surface area contributed by atoms with E-state index in [-0.39, 0.29) is 23.9 Å². The molecule has 2 unspecified atom stereocenters. The molecule has 2 amide bonds. The van der Waals surface area contributed by atoms with Crippen LogP contribution in [0.25, 0.3) is 0 Å². The molecule has 1 aliphatic carbocycles. The predicted octanol–water partition coefficient (Wildman–Crippen LogP) is 6.39. The Kier molecular flexibility index (Phi) is 8.60. The quantitative estimate of drug-likeness (QED) is 0.310. The number of carbonyl (C=O) groups excluding carboxylic acids is 2. The Hall–Kier alpha value is -2.96. The number of nitrogens with zero attached hydrogens (tertiary/aromatic N) is 2. The number of benzene rings is 2. The van der Waals surface area contributed by atoms with Crippen molar-refractivity contribution in [3.05, 3.63) is 93.7 Å². The van der Waals surface area contributed by atoms with Gasteiger partial charge >= 0.3 is 0 Å². The topological polar surface area (TPSA) is 52.7 Å². The number of rotatable bonds is 10. The van der Waals surface area contributed by atoms with E-state index in [0.717, 1.165) is 55.6 Å². The molecule has 200 valence electrons. The van der Waals surface area contributed by atoms with Crippen LogP contribution in [0, 0.1) is 0 Å². The second-order valence-corrected chi connectivity index (χ2v) is 11.8. The number of thiophene rings is 1. The molecule has 5 rings (SSSR count). The van der Waals surface area contributed by atoms with Crippen molar-refractivity contribution in [2.75, 3.05) is 13.1 Å². The van der Waals surface area contributed by atoms with Gasteiger partial charge in [0.1, 0.15) is 0 Å². The molecular weight excluding hydrogens is 490 g/mol. The average molecular weight is 530 g/mol. The fourth-order valence-electron chi connectivity index (χ4n) is 6.12. The Morgan fingerprint density at radius 1 is 1.03 bits per heavy atom. The molecule has 2 atom stereocenters. The Morgan fingerprint density at radius 2 is 1.76 bits per heavy atom. The van der Waals surface area contributed by atoms with Gasteiger partial charge in [-0.2, -0.15) is 0 Å². The smallest absolute Gasteiger partial charge is 0.254 e. The summed E-state index contributed by atoms with van der Waals surface area (Å²) >= 11 is 1.65. The molecule has 38 heavy (non-hydrogen) atoms. The molecule has 1 aromatic heterocycles. The largest absolute Gasteiger partial charge is 0.355 e. The van der Waals surface area contributed by atoms with E-state index in [1.807, 2.05) is 36.4 Å². The van der Waals surface area contributed by atoms with Gasteiger partial charge in [0.2, 0.25) is 5.91 Å². The average Bonchev–Trinajstić information content (AvgIpc) is 3.66. The second kappa shape index (κ2) is 12.3. The van der Waals surface area contributed by atoms with Crippen LogP contribution in [0.15, 0.2) is 72.1 Å². The van der Waals surface area contributed by atoms with Crippen LogP contribution < -0.4 is 5.32 Å². The molecule has 2 heterocycles. The minimum absolute atomic E-state index is 0.0190. The van der Waals surface area contributed by atoms with E-state index >= 15 is 0 Å². The number of carbonyl (C=O) groups is 2. The van der Waals surface area contributed by atoms with Gasteiger partial charge in [-0.3, -0.25) is 14.5 Å². The minimum Gasteiger partial charge on any atom is -0.355 e. The summed E-state index contributed by atoms with van der Waals surface area (Å²) in [6.07, 6.45) is 5.17. The molecule has 2 aliphatic rings. The van der Waals surface area contributed by atoms with Gasteiger partial charge in [-0.25, -0.2) is 0 Å². The molecule has 5 nitrogen and oxygen atoms in total. The summed E-state index contributed by atoms with van der Waals surface area (Å²) in [5, 5.41) is 5.32. The Balaban J connectivity index is 1.33. The molecule has 6 heteroatoms. The summed E-state index contributed by atoms with van der Waals surface area (Å²) in [6.45, 7) is 6.88. The number of nitrogens with one attached hydrogen (secondary N) is 1. The zero-order chi connectivity index (χ0) is 26.5. The number of amides is 2. The molecule has 0 bridgehead atoms. The van der Waals surface area contributed by atoms with Crippen molar-refractivity contribution in [3.8, 4) is 0 Å². The van der Waals surface area contributed by atoms with Crippen LogP contribution in [-0.4, -0.2) is 46.8 Å². The minimum atomic E-state index is -0.409. The van der Waals surface area contributed by atoms with E-state index in [2.05, 4.69) is 64.7 Å². The Bertz CT molecular complexity index is 1200. The molecule has 1 fully saturated rings. The Morgan fingerprint density at radius 3 is 2.47 bits per heavy atom. The van der Waals surface area contributed by atoms with Gasteiger partial charge in [0.05, 0.1) is 12.0 Å². The lowest BCUT2D eigenvalue weighted by Crippen LogP contribution is -2.50. The van der Waals surface area contributed by atoms with Gasteiger partial charge in [0.25, 0.3) is 5.91 Å². The van der Waals surface area contributed by atoms with Crippen LogP contribution >= 0.6 is 11.3 Å². The Labute approximate surface area is 230 Å². The summed E-state index contributed by atoms with van der Waals surface area (Å²) in [6, 6.07) is 22.8. The molecule has 0 radical (unpaired) electrons. The first-order chi connectivity index (χ1) is 18.5. The standard InChI is InChI=1S/C32H39N3O2S/c1-23(2)34(22-24-12-4-3-5-13-24)20-11-19-33-31(36)29-26-16-8-9-17-27(26)32(37)35(25-14-6-7-15-25)30(29)28-18-10-21-38-28/h3-5,8-10,12-13,16-18,21,23,25,29-30H,6-7,11,14-15,19-20,22H2,1-2H3,(H,33,36). The van der Waals surface area contributed by atoms with Crippen molar-refractivity contribution in [2.24, 2.45) is 0 Å². The highest BCUT2D eigenvalue weighted by Gasteiger charge is 2.47. The van der Waals surface area contributed by atoms with Crippen molar-refractivity contribution >= 4 is 23.2 Å². The number of hydrogen-bond donors (Lipinski definition) is 1. The molecule has 0 spiro atoms. The van der Waals surface area contributed by atoms with Crippen molar-refractivity contribution < 1.29 is 9.59 Å². The van der Waals surface area contributed by atoms with Crippen molar-refractivity contribution in [3.63, 3.8) is 0 Å². The van der Waals surface area contributed by atoms with E-state index < -0.39 is 5.92 Å². The summed E-state index contributed by atoms with van der Waals surface area (Å²) in [5.74, 6) is -0.317. The van der Waals surface area contributed by atoms with Gasteiger partial charge in [0, 0.05) is 42.2 Å². The van der Waals surface area contributed by atoms with Gasteiger partial charge in [0.15, 0.2) is 0 Å². The maximum atomic E-state index is 13.9. The summed E-state index contributed by atoms with van der Waals surface area (Å²) in [5.41, 5.74) is 2.84. The third-order valence-electron chi connectivity index (χ3n) is 8.09. The lowest BCUT2D eigenvalue weighted by Gasteiger charge is -2.44. The fourth-order valence-corrected chi connectivity index (χ4v) is 6.98. The van der Waals surface area contributed by atoms with E-state index in [4.69, 9.17) is 0 Å². The first-order valence-electron chi connectivity index (χ1n) is 14.0. The molecule has 3 aromatic rings. The van der Waals surface area contributed by atoms with Gasteiger partial charge in [-0.1, -0.05) is 67.4 Å². The fraction of sp³-hybridized carbons (Fsp3) is 0.438. The van der Waals surface area contributed by atoms with Crippen LogP contribution in [-0.2, 0) is 11.3 Å². The molecule has 1 saturated carbocycles. The van der Waals surface area contributed by atoms with E-state index in [9.17, 15) is 9.59 Å². The number of hydrogen-bond acceptors (Lipinski definition) is 4. The normalized spacial score (nSPS) is 19.8. The van der Waals surface area contributed by atoms with Crippen molar-refractivity contribution in [1.29, 1.82) is 0 Å². The van der Waals surface area contributed by atoms with E-state index in [1.54, 1.807) is 11.3 Å². The zero-order valence-electron chi connectivity index (χ0n) is 22.5. The molecular formula is C32H39N3O2S. The predicted molar refractivity (Wildman–Crippen MR) is 154 cm³/mol. The van der Waals surface area contributed by atoms with Crippen molar-refractivity contribution in [1.82, 2.24) is 15.1 Å². The van der Waals surface area contributed by atoms with E-state index in [1.165, 1.54) is 5.56 Å². The van der Waals surface area contributed by atoms with Crippen molar-refractivity contribution in [2.45, 2.75) is 76.5 Å². The molecule has 1 aliphatic heterocycles. The lowest BCUT2D eigenvalue weighted by molar-refractivity contribution is -0.124. The maximum Gasteiger partial charge on any atom is 0.254 e. The highest BCUT2D eigenvalue weighted by molar-refractivity contribution is 7.10. The number of fused-ring (bicyclic) bond motifs is 1. The second-order valence-electron chi connectivity index (χ2n) is 10.9. The molecule has 2 aromatic carbocycles. The monoisotopic (exact) mass is 529 g/mol. The van der Waals surface area contributed by atoms with Crippen LogP contribution in [0.2, 0.25) is 0 Å². The summed E-state index contributed by atoms with van der Waals surface area (Å²) < 4.78 is 0. The highest BCUT2D eigenvalue weighted by atomic mass is 32.1. The highest BCUT2D eigenvalue weighted by Crippen LogP contribution is 2.47. The third kappa shape index (κ3) is 5.71. The third-order valence-corrected chi connectivity index (χ3v) is 9.03. The van der Waals surface area contributed by atoms with E-state index in [0.29, 0.717) is 18.2 Å². The van der Waals surface area contributed by atoms with Crippen LogP contribution in [0.5, 0.6) is 0 Å². The van der Waals surface area contributed by atoms with Gasteiger partial charge in [-0.15, -0.1) is 11.3 Å².